The van der Waals surface area contributed by atoms with Crippen molar-refractivity contribution in [1.82, 2.24) is 24.4 Å². The minimum Gasteiger partial charge on any atom is -0.458 e. The first-order chi connectivity index (χ1) is 14.0. The zero-order valence-electron chi connectivity index (χ0n) is 16.5. The topological polar surface area (TPSA) is 90.2 Å². The van der Waals surface area contributed by atoms with E-state index < -0.39 is 0 Å². The minimum atomic E-state index is -0.127. The van der Waals surface area contributed by atoms with Gasteiger partial charge in [0.2, 0.25) is 5.91 Å². The van der Waals surface area contributed by atoms with E-state index in [1.54, 1.807) is 17.0 Å². The molecule has 0 bridgehead atoms. The van der Waals surface area contributed by atoms with Gasteiger partial charge in [0, 0.05) is 37.3 Å². The van der Waals surface area contributed by atoms with Crippen LogP contribution in [0, 0.1) is 13.8 Å². The summed E-state index contributed by atoms with van der Waals surface area (Å²) < 4.78 is 7.36. The number of fused-ring (bicyclic) bond motifs is 1. The van der Waals surface area contributed by atoms with Crippen molar-refractivity contribution in [1.29, 1.82) is 0 Å². The minimum absolute atomic E-state index is 0.00232. The number of aryl methyl sites for hydroxylation is 3. The van der Waals surface area contributed by atoms with E-state index in [0.29, 0.717) is 36.5 Å². The van der Waals surface area contributed by atoms with E-state index in [1.807, 2.05) is 32.0 Å². The third-order valence-corrected chi connectivity index (χ3v) is 5.03. The second-order valence-corrected chi connectivity index (χ2v) is 7.31. The molecule has 1 aromatic carbocycles. The number of amides is 1. The molecule has 1 fully saturated rings. The summed E-state index contributed by atoms with van der Waals surface area (Å²) >= 11 is 0. The van der Waals surface area contributed by atoms with Crippen molar-refractivity contribution in [2.45, 2.75) is 39.3 Å². The Balaban J connectivity index is 1.35. The average Bonchev–Trinajstić information content (AvgIpc) is 3.15. The van der Waals surface area contributed by atoms with Gasteiger partial charge >= 0.3 is 6.01 Å². The summed E-state index contributed by atoms with van der Waals surface area (Å²) in [5, 5.41) is 0.561. The Morgan fingerprint density at radius 1 is 1.21 bits per heavy atom. The van der Waals surface area contributed by atoms with Gasteiger partial charge < -0.3 is 9.64 Å². The van der Waals surface area contributed by atoms with Gasteiger partial charge in [0.25, 0.3) is 5.56 Å². The maximum Gasteiger partial charge on any atom is 0.317 e. The highest BCUT2D eigenvalue weighted by Crippen LogP contribution is 2.17. The van der Waals surface area contributed by atoms with E-state index in [0.717, 1.165) is 17.8 Å². The molecule has 0 aliphatic carbocycles. The van der Waals surface area contributed by atoms with Crippen LogP contribution in [0.1, 0.15) is 24.2 Å². The molecule has 0 saturated carbocycles. The van der Waals surface area contributed by atoms with Crippen LogP contribution in [0.15, 0.2) is 41.5 Å². The zero-order chi connectivity index (χ0) is 20.4. The average molecular weight is 393 g/mol. The Kier molecular flexibility index (Phi) is 5.24. The maximum absolute atomic E-state index is 12.6. The van der Waals surface area contributed by atoms with Crippen LogP contribution in [0.4, 0.5) is 0 Å². The number of carbonyl (C=O) groups is 1. The summed E-state index contributed by atoms with van der Waals surface area (Å²) in [7, 11) is 0. The predicted molar refractivity (Wildman–Crippen MR) is 108 cm³/mol. The van der Waals surface area contributed by atoms with Crippen molar-refractivity contribution in [3.63, 3.8) is 0 Å². The second-order valence-electron chi connectivity index (χ2n) is 7.31. The van der Waals surface area contributed by atoms with E-state index in [1.165, 1.54) is 10.9 Å². The first kappa shape index (κ1) is 19.0. The smallest absolute Gasteiger partial charge is 0.317 e. The predicted octanol–water partition coefficient (Wildman–Crippen LogP) is 1.87. The van der Waals surface area contributed by atoms with Crippen molar-refractivity contribution in [3.8, 4) is 6.01 Å². The summed E-state index contributed by atoms with van der Waals surface area (Å²) in [6.45, 7) is 5.22. The van der Waals surface area contributed by atoms with Gasteiger partial charge in [0.1, 0.15) is 6.10 Å². The van der Waals surface area contributed by atoms with Crippen molar-refractivity contribution < 1.29 is 9.53 Å². The molecule has 3 heterocycles. The van der Waals surface area contributed by atoms with Gasteiger partial charge in [0.05, 0.1) is 23.8 Å². The van der Waals surface area contributed by atoms with Gasteiger partial charge in [-0.1, -0.05) is 12.1 Å². The number of ether oxygens (including phenoxy) is 1. The molecular formula is C21H23N5O3. The Labute approximate surface area is 168 Å². The van der Waals surface area contributed by atoms with Gasteiger partial charge in [-0.3, -0.25) is 14.2 Å². The van der Waals surface area contributed by atoms with Gasteiger partial charge in [-0.25, -0.2) is 15.0 Å². The van der Waals surface area contributed by atoms with Crippen LogP contribution in [0.2, 0.25) is 0 Å². The third kappa shape index (κ3) is 4.26. The second kappa shape index (κ2) is 7.98. The molecule has 1 unspecified atom stereocenters. The van der Waals surface area contributed by atoms with E-state index in [4.69, 9.17) is 4.74 Å². The largest absolute Gasteiger partial charge is 0.458 e. The van der Waals surface area contributed by atoms with Crippen LogP contribution in [0.3, 0.4) is 0 Å². The molecule has 0 spiro atoms. The van der Waals surface area contributed by atoms with Crippen LogP contribution < -0.4 is 10.3 Å². The fourth-order valence-corrected chi connectivity index (χ4v) is 3.59. The lowest BCUT2D eigenvalue weighted by Crippen LogP contribution is -2.32. The Hall–Kier alpha value is -3.29. The lowest BCUT2D eigenvalue weighted by atomic mass is 10.2. The van der Waals surface area contributed by atoms with Crippen LogP contribution in [-0.4, -0.2) is 49.5 Å². The number of likely N-dealkylation sites (tertiary alicyclic amines) is 1. The summed E-state index contributed by atoms with van der Waals surface area (Å²) in [6.07, 6.45) is 2.36. The number of hydrogen-bond donors (Lipinski definition) is 0. The van der Waals surface area contributed by atoms with Crippen LogP contribution >= 0.6 is 0 Å². The molecule has 1 saturated heterocycles. The number of aromatic nitrogens is 4. The molecule has 150 valence electrons. The lowest BCUT2D eigenvalue weighted by molar-refractivity contribution is -0.130. The lowest BCUT2D eigenvalue weighted by Gasteiger charge is -2.17. The summed E-state index contributed by atoms with van der Waals surface area (Å²) in [5.41, 5.74) is 2.24. The quantitative estimate of drug-likeness (QED) is 0.657. The standard InChI is InChI=1S/C21H23N5O3/c1-14-11-15(2)24-21(23-14)29-16-7-9-25(12-16)19(27)8-10-26-13-22-18-6-4-3-5-17(18)20(26)28/h3-6,11,13,16H,7-10,12H2,1-2H3. The number of benzene rings is 1. The van der Waals surface area contributed by atoms with Crippen LogP contribution in [0.5, 0.6) is 6.01 Å². The monoisotopic (exact) mass is 393 g/mol. The molecule has 4 rings (SSSR count). The fraction of sp³-hybridized carbons (Fsp3) is 0.381. The van der Waals surface area contributed by atoms with Gasteiger partial charge in [0.15, 0.2) is 0 Å². The SMILES string of the molecule is Cc1cc(C)nc(OC2CCN(C(=O)CCn3cnc4ccccc4c3=O)C2)n1. The first-order valence-corrected chi connectivity index (χ1v) is 9.70. The van der Waals surface area contributed by atoms with Gasteiger partial charge in [-0.15, -0.1) is 0 Å². The van der Waals surface area contributed by atoms with Gasteiger partial charge in [-0.05, 0) is 32.0 Å². The van der Waals surface area contributed by atoms with Crippen LogP contribution in [-0.2, 0) is 11.3 Å². The third-order valence-electron chi connectivity index (χ3n) is 5.03. The zero-order valence-corrected chi connectivity index (χ0v) is 16.5. The molecule has 1 aliphatic heterocycles. The van der Waals surface area contributed by atoms with Crippen LogP contribution in [0.25, 0.3) is 10.9 Å². The molecule has 0 N–H and O–H groups in total. The molecular weight excluding hydrogens is 370 g/mol. The number of carbonyl (C=O) groups excluding carboxylic acids is 1. The highest BCUT2D eigenvalue weighted by molar-refractivity contribution is 5.77. The van der Waals surface area contributed by atoms with Crippen molar-refractivity contribution in [3.05, 3.63) is 58.4 Å². The first-order valence-electron chi connectivity index (χ1n) is 9.70. The highest BCUT2D eigenvalue weighted by Gasteiger charge is 2.28. The normalized spacial score (nSPS) is 16.3. The van der Waals surface area contributed by atoms with E-state index in [2.05, 4.69) is 15.0 Å². The molecule has 1 aliphatic rings. The van der Waals surface area contributed by atoms with Crippen molar-refractivity contribution in [2.24, 2.45) is 0 Å². The molecule has 29 heavy (non-hydrogen) atoms. The molecule has 2 aromatic heterocycles. The van der Waals surface area contributed by atoms with Gasteiger partial charge in [-0.2, -0.15) is 0 Å². The summed E-state index contributed by atoms with van der Waals surface area (Å²) in [6, 6.07) is 9.45. The van der Waals surface area contributed by atoms with E-state index in [9.17, 15) is 9.59 Å². The Morgan fingerprint density at radius 2 is 1.97 bits per heavy atom. The number of hydrogen-bond acceptors (Lipinski definition) is 6. The summed E-state index contributed by atoms with van der Waals surface area (Å²) in [4.78, 5) is 39.8. The van der Waals surface area contributed by atoms with E-state index >= 15 is 0 Å². The van der Waals surface area contributed by atoms with Crippen molar-refractivity contribution >= 4 is 16.8 Å². The summed E-state index contributed by atoms with van der Waals surface area (Å²) in [5.74, 6) is -0.00232. The molecule has 1 amide bonds. The maximum atomic E-state index is 12.6. The number of rotatable bonds is 5. The molecule has 1 atom stereocenters. The molecule has 3 aromatic rings. The van der Waals surface area contributed by atoms with Crippen molar-refractivity contribution in [2.75, 3.05) is 13.1 Å². The highest BCUT2D eigenvalue weighted by atomic mass is 16.5. The fourth-order valence-electron chi connectivity index (χ4n) is 3.59. The molecule has 8 heteroatoms. The Morgan fingerprint density at radius 3 is 2.76 bits per heavy atom. The number of nitrogens with zero attached hydrogens (tertiary/aromatic N) is 5. The van der Waals surface area contributed by atoms with E-state index in [-0.39, 0.29) is 24.0 Å². The molecule has 8 nitrogen and oxygen atoms in total. The Bertz CT molecular complexity index is 1090. The molecule has 0 radical (unpaired) electrons. The number of para-hydroxylation sites is 1.